The Morgan fingerprint density at radius 2 is 1.47 bits per heavy atom. The van der Waals surface area contributed by atoms with Crippen LogP contribution >= 0.6 is 0 Å². The number of ketones is 1. The maximum absolute atomic E-state index is 11.1. The lowest BCUT2D eigenvalue weighted by molar-refractivity contribution is -0.152. The van der Waals surface area contributed by atoms with Crippen LogP contribution in [0.5, 0.6) is 0 Å². The first kappa shape index (κ1) is 15.6. The zero-order valence-corrected chi connectivity index (χ0v) is 10.5. The van der Waals surface area contributed by atoms with Gasteiger partial charge in [0.2, 0.25) is 0 Å². The van der Waals surface area contributed by atoms with E-state index < -0.39 is 5.97 Å². The van der Waals surface area contributed by atoms with Gasteiger partial charge in [0, 0.05) is 6.42 Å². The second kappa shape index (κ2) is 8.69. The first-order chi connectivity index (χ1) is 7.91. The number of esters is 2. The highest BCUT2D eigenvalue weighted by molar-refractivity contribution is 5.80. The van der Waals surface area contributed by atoms with E-state index in [0.29, 0.717) is 0 Å². The molecule has 0 saturated carbocycles. The zero-order chi connectivity index (χ0) is 13.3. The van der Waals surface area contributed by atoms with Crippen LogP contribution < -0.4 is 0 Å². The Labute approximate surface area is 101 Å². The molecule has 0 aliphatic carbocycles. The van der Waals surface area contributed by atoms with Crippen molar-refractivity contribution in [3.8, 4) is 0 Å². The van der Waals surface area contributed by atoms with Gasteiger partial charge in [-0.05, 0) is 21.0 Å². The Balaban J connectivity index is 3.47. The summed E-state index contributed by atoms with van der Waals surface area (Å²) < 4.78 is 9.57. The van der Waals surface area contributed by atoms with Crippen molar-refractivity contribution in [1.29, 1.82) is 0 Å². The standard InChI is InChI=1S/C11H19NO5/c1-9(13)4-5-10(14)16-6-7-17-11(15)8-12(2)3/h4-8H2,1-3H3. The third kappa shape index (κ3) is 10.8. The van der Waals surface area contributed by atoms with Crippen molar-refractivity contribution >= 4 is 17.7 Å². The Morgan fingerprint density at radius 1 is 0.941 bits per heavy atom. The van der Waals surface area contributed by atoms with Crippen molar-refractivity contribution in [3.63, 3.8) is 0 Å². The van der Waals surface area contributed by atoms with Gasteiger partial charge in [0.1, 0.15) is 19.0 Å². The molecule has 0 fully saturated rings. The predicted molar refractivity (Wildman–Crippen MR) is 60.4 cm³/mol. The fourth-order valence-electron chi connectivity index (χ4n) is 0.965. The molecule has 0 aromatic carbocycles. The average molecular weight is 245 g/mol. The van der Waals surface area contributed by atoms with Crippen LogP contribution in [0.25, 0.3) is 0 Å². The molecule has 0 radical (unpaired) electrons. The second-order valence-corrected chi connectivity index (χ2v) is 3.88. The molecule has 0 rings (SSSR count). The number of carbonyl (C=O) groups is 3. The summed E-state index contributed by atoms with van der Waals surface area (Å²) in [7, 11) is 3.51. The van der Waals surface area contributed by atoms with Crippen molar-refractivity contribution < 1.29 is 23.9 Å². The van der Waals surface area contributed by atoms with E-state index >= 15 is 0 Å². The summed E-state index contributed by atoms with van der Waals surface area (Å²) in [6.07, 6.45) is 0.250. The molecule has 0 N–H and O–H groups in total. The van der Waals surface area contributed by atoms with Crippen LogP contribution in [0, 0.1) is 0 Å². The molecule has 0 aliphatic rings. The number of hydrogen-bond acceptors (Lipinski definition) is 6. The molecule has 0 aromatic rings. The monoisotopic (exact) mass is 245 g/mol. The number of carbonyl (C=O) groups excluding carboxylic acids is 3. The molecule has 0 unspecified atom stereocenters. The van der Waals surface area contributed by atoms with E-state index in [2.05, 4.69) is 0 Å². The van der Waals surface area contributed by atoms with Crippen LogP contribution in [0.4, 0.5) is 0 Å². The number of ether oxygens (including phenoxy) is 2. The van der Waals surface area contributed by atoms with Gasteiger partial charge in [-0.25, -0.2) is 0 Å². The Morgan fingerprint density at radius 3 is 1.94 bits per heavy atom. The van der Waals surface area contributed by atoms with Crippen LogP contribution in [-0.4, -0.2) is 56.5 Å². The summed E-state index contributed by atoms with van der Waals surface area (Å²) in [5.74, 6) is -0.877. The minimum absolute atomic E-state index is 0.0237. The number of nitrogens with zero attached hydrogens (tertiary/aromatic N) is 1. The number of hydrogen-bond donors (Lipinski definition) is 0. The van der Waals surface area contributed by atoms with Gasteiger partial charge >= 0.3 is 11.9 Å². The fraction of sp³-hybridized carbons (Fsp3) is 0.727. The number of likely N-dealkylation sites (N-methyl/N-ethyl adjacent to an activating group) is 1. The first-order valence-corrected chi connectivity index (χ1v) is 5.37. The van der Waals surface area contributed by atoms with E-state index in [1.165, 1.54) is 6.92 Å². The van der Waals surface area contributed by atoms with E-state index in [0.717, 1.165) is 0 Å². The molecule has 0 atom stereocenters. The fourth-order valence-corrected chi connectivity index (χ4v) is 0.965. The molecule has 0 aliphatic heterocycles. The van der Waals surface area contributed by atoms with Gasteiger partial charge in [-0.15, -0.1) is 0 Å². The van der Waals surface area contributed by atoms with Gasteiger partial charge in [-0.2, -0.15) is 0 Å². The molecule has 0 heterocycles. The van der Waals surface area contributed by atoms with Gasteiger partial charge in [0.25, 0.3) is 0 Å². The molecular formula is C11H19NO5. The molecule has 98 valence electrons. The van der Waals surface area contributed by atoms with E-state index in [4.69, 9.17) is 9.47 Å². The quantitative estimate of drug-likeness (QED) is 0.443. The van der Waals surface area contributed by atoms with Gasteiger partial charge in [-0.3, -0.25) is 14.5 Å². The largest absolute Gasteiger partial charge is 0.462 e. The summed E-state index contributed by atoms with van der Waals surface area (Å²) in [6.45, 7) is 1.67. The van der Waals surface area contributed by atoms with Crippen LogP contribution in [-0.2, 0) is 23.9 Å². The third-order valence-corrected chi connectivity index (χ3v) is 1.74. The molecule has 0 spiro atoms. The Bertz CT molecular complexity index is 275. The Kier molecular flexibility index (Phi) is 7.96. The van der Waals surface area contributed by atoms with Crippen LogP contribution in [0.3, 0.4) is 0 Å². The smallest absolute Gasteiger partial charge is 0.320 e. The van der Waals surface area contributed by atoms with Crippen molar-refractivity contribution in [1.82, 2.24) is 4.90 Å². The van der Waals surface area contributed by atoms with Crippen LogP contribution in [0.2, 0.25) is 0 Å². The van der Waals surface area contributed by atoms with Gasteiger partial charge in [-0.1, -0.05) is 0 Å². The lowest BCUT2D eigenvalue weighted by atomic mass is 10.2. The number of Topliss-reactive ketones (excluding diaryl/α,β-unsaturated/α-hetero) is 1. The second-order valence-electron chi connectivity index (χ2n) is 3.88. The van der Waals surface area contributed by atoms with E-state index in [9.17, 15) is 14.4 Å². The minimum atomic E-state index is -0.455. The van der Waals surface area contributed by atoms with Crippen molar-refractivity contribution in [3.05, 3.63) is 0 Å². The van der Waals surface area contributed by atoms with E-state index in [1.807, 2.05) is 0 Å². The highest BCUT2D eigenvalue weighted by Crippen LogP contribution is 1.94. The van der Waals surface area contributed by atoms with Gasteiger partial charge < -0.3 is 14.3 Å². The molecule has 6 heteroatoms. The highest BCUT2D eigenvalue weighted by Gasteiger charge is 2.06. The SMILES string of the molecule is CC(=O)CCC(=O)OCCOC(=O)CN(C)C. The topological polar surface area (TPSA) is 72.9 Å². The first-order valence-electron chi connectivity index (χ1n) is 5.37. The number of rotatable bonds is 8. The summed E-state index contributed by atoms with van der Waals surface area (Å²) in [4.78, 5) is 34.4. The normalized spacial score (nSPS) is 10.1. The van der Waals surface area contributed by atoms with E-state index in [1.54, 1.807) is 19.0 Å². The molecule has 0 amide bonds. The maximum atomic E-state index is 11.1. The molecule has 17 heavy (non-hydrogen) atoms. The van der Waals surface area contributed by atoms with Crippen molar-refractivity contribution in [2.75, 3.05) is 33.9 Å². The lowest BCUT2D eigenvalue weighted by Crippen LogP contribution is -2.25. The highest BCUT2D eigenvalue weighted by atomic mass is 16.6. The predicted octanol–water partition coefficient (Wildman–Crippen LogP) is 0.00360. The third-order valence-electron chi connectivity index (χ3n) is 1.74. The Hall–Kier alpha value is -1.43. The maximum Gasteiger partial charge on any atom is 0.320 e. The summed E-state index contributed by atoms with van der Waals surface area (Å²) >= 11 is 0. The minimum Gasteiger partial charge on any atom is -0.462 e. The molecule has 6 nitrogen and oxygen atoms in total. The summed E-state index contributed by atoms with van der Waals surface area (Å²) in [5, 5.41) is 0. The van der Waals surface area contributed by atoms with Crippen LogP contribution in [0.1, 0.15) is 19.8 Å². The van der Waals surface area contributed by atoms with E-state index in [-0.39, 0.29) is 44.4 Å². The molecular weight excluding hydrogens is 226 g/mol. The molecule has 0 aromatic heterocycles. The zero-order valence-electron chi connectivity index (χ0n) is 10.5. The molecule has 0 saturated heterocycles. The van der Waals surface area contributed by atoms with Gasteiger partial charge in [0.05, 0.1) is 13.0 Å². The van der Waals surface area contributed by atoms with Crippen molar-refractivity contribution in [2.45, 2.75) is 19.8 Å². The summed E-state index contributed by atoms with van der Waals surface area (Å²) in [5.41, 5.74) is 0. The lowest BCUT2D eigenvalue weighted by Gasteiger charge is -2.09. The average Bonchev–Trinajstić information content (AvgIpc) is 2.20. The van der Waals surface area contributed by atoms with Crippen LogP contribution in [0.15, 0.2) is 0 Å². The molecule has 0 bridgehead atoms. The van der Waals surface area contributed by atoms with Gasteiger partial charge in [0.15, 0.2) is 0 Å². The van der Waals surface area contributed by atoms with Crippen molar-refractivity contribution in [2.24, 2.45) is 0 Å². The summed E-state index contributed by atoms with van der Waals surface area (Å²) in [6, 6.07) is 0.